The molecule has 1 unspecified atom stereocenters. The van der Waals surface area contributed by atoms with Crippen LogP contribution in [0.2, 0.25) is 0 Å². The molecule has 3 nitrogen and oxygen atoms in total. The molecule has 2 aromatic rings. The van der Waals surface area contributed by atoms with Crippen LogP contribution in [0.1, 0.15) is 61.9 Å². The highest BCUT2D eigenvalue weighted by Gasteiger charge is 2.15. The molecular formula is C22H27FO3. The minimum Gasteiger partial charge on any atom is -0.486 e. The lowest BCUT2D eigenvalue weighted by Gasteiger charge is -2.14. The van der Waals surface area contributed by atoms with E-state index in [4.69, 9.17) is 9.47 Å². The molecule has 0 radical (unpaired) electrons. The molecular weight excluding hydrogens is 331 g/mol. The Hall–Kier alpha value is -2.36. The average molecular weight is 358 g/mol. The van der Waals surface area contributed by atoms with Gasteiger partial charge in [0.1, 0.15) is 6.61 Å². The number of esters is 1. The molecule has 1 atom stereocenters. The number of carbonyl (C=O) groups is 1. The molecule has 0 aliphatic carbocycles. The van der Waals surface area contributed by atoms with Gasteiger partial charge in [-0.1, -0.05) is 56.5 Å². The Kier molecular flexibility index (Phi) is 8.13. The van der Waals surface area contributed by atoms with E-state index in [0.29, 0.717) is 0 Å². The number of ether oxygens (including phenoxy) is 2. The van der Waals surface area contributed by atoms with E-state index in [1.165, 1.54) is 31.0 Å². The predicted octanol–water partition coefficient (Wildman–Crippen LogP) is 5.92. The van der Waals surface area contributed by atoms with Gasteiger partial charge in [0.2, 0.25) is 0 Å². The van der Waals surface area contributed by atoms with Gasteiger partial charge in [0.15, 0.2) is 11.6 Å². The molecule has 26 heavy (non-hydrogen) atoms. The Morgan fingerprint density at radius 1 is 1.08 bits per heavy atom. The summed E-state index contributed by atoms with van der Waals surface area (Å²) in [6.07, 6.45) is 5.19. The van der Waals surface area contributed by atoms with Crippen LogP contribution in [0.5, 0.6) is 5.75 Å². The fraction of sp³-hybridized carbons (Fsp3) is 0.409. The zero-order chi connectivity index (χ0) is 18.8. The molecule has 0 N–H and O–H groups in total. The summed E-state index contributed by atoms with van der Waals surface area (Å²) < 4.78 is 25.1. The molecule has 0 aliphatic rings. The van der Waals surface area contributed by atoms with Crippen molar-refractivity contribution in [2.45, 2.75) is 58.7 Å². The summed E-state index contributed by atoms with van der Waals surface area (Å²) in [5.41, 5.74) is 1.15. The molecule has 0 fully saturated rings. The van der Waals surface area contributed by atoms with Gasteiger partial charge in [-0.15, -0.1) is 0 Å². The third-order valence-corrected chi connectivity index (χ3v) is 4.18. The average Bonchev–Trinajstić information content (AvgIpc) is 2.65. The van der Waals surface area contributed by atoms with Crippen LogP contribution in [0.3, 0.4) is 0 Å². The van der Waals surface area contributed by atoms with Crippen molar-refractivity contribution in [2.75, 3.05) is 0 Å². The Labute approximate surface area is 155 Å². The smallest absolute Gasteiger partial charge is 0.338 e. The van der Waals surface area contributed by atoms with Crippen molar-refractivity contribution >= 4 is 5.97 Å². The van der Waals surface area contributed by atoms with Crippen LogP contribution >= 0.6 is 0 Å². The SMILES string of the molecule is CCCCCCC(C)OC(=O)c1ccc(OCc2ccccc2)c(F)c1. The maximum atomic E-state index is 14.2. The summed E-state index contributed by atoms with van der Waals surface area (Å²) in [6.45, 7) is 4.30. The van der Waals surface area contributed by atoms with Gasteiger partial charge in [-0.2, -0.15) is 0 Å². The van der Waals surface area contributed by atoms with Crippen molar-refractivity contribution < 1.29 is 18.7 Å². The van der Waals surface area contributed by atoms with Gasteiger partial charge in [0.25, 0.3) is 0 Å². The molecule has 0 bridgehead atoms. The van der Waals surface area contributed by atoms with Crippen LogP contribution in [0.15, 0.2) is 48.5 Å². The van der Waals surface area contributed by atoms with Crippen LogP contribution < -0.4 is 4.74 Å². The predicted molar refractivity (Wildman–Crippen MR) is 101 cm³/mol. The topological polar surface area (TPSA) is 35.5 Å². The van der Waals surface area contributed by atoms with E-state index in [1.807, 2.05) is 37.3 Å². The Bertz CT molecular complexity index is 685. The van der Waals surface area contributed by atoms with E-state index in [0.717, 1.165) is 24.8 Å². The zero-order valence-corrected chi connectivity index (χ0v) is 15.5. The van der Waals surface area contributed by atoms with E-state index in [1.54, 1.807) is 0 Å². The van der Waals surface area contributed by atoms with Crippen molar-refractivity contribution in [3.05, 3.63) is 65.5 Å². The largest absolute Gasteiger partial charge is 0.486 e. The first kappa shape index (κ1) is 20.0. The molecule has 2 aromatic carbocycles. The minimum absolute atomic E-state index is 0.123. The molecule has 140 valence electrons. The molecule has 0 saturated carbocycles. The number of hydrogen-bond acceptors (Lipinski definition) is 3. The van der Waals surface area contributed by atoms with Gasteiger partial charge >= 0.3 is 5.97 Å². The van der Waals surface area contributed by atoms with E-state index in [9.17, 15) is 9.18 Å². The number of unbranched alkanes of at least 4 members (excludes halogenated alkanes) is 3. The lowest BCUT2D eigenvalue weighted by Crippen LogP contribution is -2.15. The number of carbonyl (C=O) groups excluding carboxylic acids is 1. The highest BCUT2D eigenvalue weighted by Crippen LogP contribution is 2.21. The Balaban J connectivity index is 1.86. The lowest BCUT2D eigenvalue weighted by atomic mass is 10.1. The first-order valence-corrected chi connectivity index (χ1v) is 9.27. The van der Waals surface area contributed by atoms with Gasteiger partial charge in [0, 0.05) is 0 Å². The first-order valence-electron chi connectivity index (χ1n) is 9.27. The van der Waals surface area contributed by atoms with Crippen molar-refractivity contribution in [2.24, 2.45) is 0 Å². The van der Waals surface area contributed by atoms with Crippen molar-refractivity contribution in [3.8, 4) is 5.75 Å². The summed E-state index contributed by atoms with van der Waals surface area (Å²) in [6, 6.07) is 13.7. The number of hydrogen-bond donors (Lipinski definition) is 0. The normalized spacial score (nSPS) is 11.8. The molecule has 2 rings (SSSR count). The summed E-state index contributed by atoms with van der Waals surface area (Å²) in [7, 11) is 0. The van der Waals surface area contributed by atoms with E-state index in [2.05, 4.69) is 6.92 Å². The van der Waals surface area contributed by atoms with Crippen molar-refractivity contribution in [1.29, 1.82) is 0 Å². The first-order chi connectivity index (χ1) is 12.6. The fourth-order valence-corrected chi connectivity index (χ4v) is 2.65. The fourth-order valence-electron chi connectivity index (χ4n) is 2.65. The molecule has 0 spiro atoms. The van der Waals surface area contributed by atoms with Crippen LogP contribution in [-0.2, 0) is 11.3 Å². The summed E-state index contributed by atoms with van der Waals surface area (Å²) in [5.74, 6) is -0.939. The minimum atomic E-state index is -0.564. The van der Waals surface area contributed by atoms with Crippen LogP contribution in [0, 0.1) is 5.82 Å². The summed E-state index contributed by atoms with van der Waals surface area (Å²) in [4.78, 5) is 12.2. The third-order valence-electron chi connectivity index (χ3n) is 4.18. The van der Waals surface area contributed by atoms with Gasteiger partial charge in [0.05, 0.1) is 11.7 Å². The van der Waals surface area contributed by atoms with Crippen LogP contribution in [-0.4, -0.2) is 12.1 Å². The second kappa shape index (κ2) is 10.6. The summed E-state index contributed by atoms with van der Waals surface area (Å²) in [5, 5.41) is 0. The van der Waals surface area contributed by atoms with E-state index in [-0.39, 0.29) is 24.0 Å². The highest BCUT2D eigenvalue weighted by atomic mass is 19.1. The monoisotopic (exact) mass is 358 g/mol. The highest BCUT2D eigenvalue weighted by molar-refractivity contribution is 5.89. The number of benzene rings is 2. The van der Waals surface area contributed by atoms with E-state index < -0.39 is 11.8 Å². The second-order valence-electron chi connectivity index (χ2n) is 6.48. The number of rotatable bonds is 10. The maximum absolute atomic E-state index is 14.2. The Morgan fingerprint density at radius 3 is 2.54 bits per heavy atom. The Morgan fingerprint density at radius 2 is 1.85 bits per heavy atom. The quantitative estimate of drug-likeness (QED) is 0.390. The maximum Gasteiger partial charge on any atom is 0.338 e. The lowest BCUT2D eigenvalue weighted by molar-refractivity contribution is 0.0318. The second-order valence-corrected chi connectivity index (χ2v) is 6.48. The van der Waals surface area contributed by atoms with Crippen LogP contribution in [0.4, 0.5) is 4.39 Å². The molecule has 0 aromatic heterocycles. The third kappa shape index (κ3) is 6.51. The molecule has 0 saturated heterocycles. The van der Waals surface area contributed by atoms with Gasteiger partial charge < -0.3 is 9.47 Å². The zero-order valence-electron chi connectivity index (χ0n) is 15.5. The van der Waals surface area contributed by atoms with Crippen LogP contribution in [0.25, 0.3) is 0 Å². The molecule has 0 aliphatic heterocycles. The van der Waals surface area contributed by atoms with Gasteiger partial charge in [-0.3, -0.25) is 0 Å². The van der Waals surface area contributed by atoms with E-state index >= 15 is 0 Å². The van der Waals surface area contributed by atoms with Crippen molar-refractivity contribution in [3.63, 3.8) is 0 Å². The molecule has 0 heterocycles. The van der Waals surface area contributed by atoms with Gasteiger partial charge in [-0.25, -0.2) is 9.18 Å². The molecule has 0 amide bonds. The standard InChI is InChI=1S/C22H27FO3/c1-3-4-5-7-10-17(2)26-22(24)19-13-14-21(20(23)15-19)25-16-18-11-8-6-9-12-18/h6,8-9,11-15,17H,3-5,7,10,16H2,1-2H3. The van der Waals surface area contributed by atoms with Gasteiger partial charge in [-0.05, 0) is 43.5 Å². The van der Waals surface area contributed by atoms with Crippen molar-refractivity contribution in [1.82, 2.24) is 0 Å². The number of halogens is 1. The molecule has 4 heteroatoms. The summed E-state index contributed by atoms with van der Waals surface area (Å²) >= 11 is 0.